The second-order valence-electron chi connectivity index (χ2n) is 14.5. The van der Waals surface area contributed by atoms with Crippen molar-refractivity contribution in [2.75, 3.05) is 0 Å². The summed E-state index contributed by atoms with van der Waals surface area (Å²) < 4.78 is 4.94. The molecule has 0 N–H and O–H groups in total. The van der Waals surface area contributed by atoms with Gasteiger partial charge in [-0.15, -0.1) is 0 Å². The Labute approximate surface area is 308 Å². The van der Waals surface area contributed by atoms with Gasteiger partial charge >= 0.3 is 0 Å². The number of rotatable bonds is 2. The molecule has 54 heavy (non-hydrogen) atoms. The van der Waals surface area contributed by atoms with Gasteiger partial charge in [0.2, 0.25) is 0 Å². The second kappa shape index (κ2) is 10.2. The van der Waals surface area contributed by atoms with Crippen LogP contribution in [0.1, 0.15) is 0 Å². The molecule has 0 atom stereocenters. The summed E-state index contributed by atoms with van der Waals surface area (Å²) in [6.07, 6.45) is 0. The van der Waals surface area contributed by atoms with E-state index in [1.807, 2.05) is 0 Å². The minimum Gasteiger partial charge on any atom is -0.308 e. The molecule has 0 fully saturated rings. The molecular weight excluding hydrogens is 657 g/mol. The molecule has 0 amide bonds. The zero-order valence-electron chi connectivity index (χ0n) is 29.0. The van der Waals surface area contributed by atoms with E-state index in [9.17, 15) is 0 Å². The highest BCUT2D eigenvalue weighted by atomic mass is 15.1. The van der Waals surface area contributed by atoms with E-state index in [1.54, 1.807) is 0 Å². The summed E-state index contributed by atoms with van der Waals surface area (Å²) >= 11 is 0. The standard InChI is InChI=1S/C50H28N4/c1-3-13-33-29(11-1)21-22-31-23-24-32(27-39(31)33)49-51-42-18-8-5-16-37(42)50(52-49)54-46-34-14-4-2-12-30(34)25-26-36(46)41-28-40-35-15-6-9-19-43(35)53-44-20-10-7-17-38(44)45(47(40)53)48(41)54/h1-28H. The van der Waals surface area contributed by atoms with Gasteiger partial charge in [-0.1, -0.05) is 133 Å². The zero-order chi connectivity index (χ0) is 35.1. The third-order valence-electron chi connectivity index (χ3n) is 11.8. The number of aromatic nitrogens is 4. The number of benzene rings is 9. The van der Waals surface area contributed by atoms with Crippen LogP contribution >= 0.6 is 0 Å². The monoisotopic (exact) mass is 684 g/mol. The summed E-state index contributed by atoms with van der Waals surface area (Å²) in [5.74, 6) is 1.59. The first-order chi connectivity index (χ1) is 26.8. The normalized spacial score (nSPS) is 12.4. The van der Waals surface area contributed by atoms with Crippen LogP contribution in [0.4, 0.5) is 0 Å². The van der Waals surface area contributed by atoms with Gasteiger partial charge in [0.25, 0.3) is 0 Å². The Kier molecular flexibility index (Phi) is 5.34. The Balaban J connectivity index is 1.25. The molecular formula is C50H28N4. The minimum absolute atomic E-state index is 0.709. The van der Waals surface area contributed by atoms with Crippen molar-refractivity contribution < 1.29 is 0 Å². The van der Waals surface area contributed by atoms with Gasteiger partial charge in [0.1, 0.15) is 5.82 Å². The quantitative estimate of drug-likeness (QED) is 0.170. The van der Waals surface area contributed by atoms with Crippen LogP contribution in [0, 0.1) is 0 Å². The van der Waals surface area contributed by atoms with Crippen molar-refractivity contribution in [1.82, 2.24) is 18.9 Å². The first-order valence-electron chi connectivity index (χ1n) is 18.5. The molecule has 248 valence electrons. The van der Waals surface area contributed by atoms with Gasteiger partial charge in [0.05, 0.1) is 33.1 Å². The van der Waals surface area contributed by atoms with Crippen LogP contribution in [0.15, 0.2) is 170 Å². The lowest BCUT2D eigenvalue weighted by molar-refractivity contribution is 1.08. The Morgan fingerprint density at radius 2 is 0.944 bits per heavy atom. The van der Waals surface area contributed by atoms with Crippen LogP contribution < -0.4 is 0 Å². The van der Waals surface area contributed by atoms with E-state index in [-0.39, 0.29) is 0 Å². The number of para-hydroxylation sites is 3. The molecule has 0 unspecified atom stereocenters. The molecule has 4 heterocycles. The number of nitrogens with zero attached hydrogens (tertiary/aromatic N) is 4. The third kappa shape index (κ3) is 3.57. The first kappa shape index (κ1) is 28.3. The lowest BCUT2D eigenvalue weighted by atomic mass is 10.00. The Morgan fingerprint density at radius 1 is 0.352 bits per heavy atom. The predicted molar refractivity (Wildman–Crippen MR) is 226 cm³/mol. The largest absolute Gasteiger partial charge is 0.308 e. The summed E-state index contributed by atoms with van der Waals surface area (Å²) in [5.41, 5.74) is 7.93. The van der Waals surface area contributed by atoms with Crippen LogP contribution in [0.25, 0.3) is 120 Å². The third-order valence-corrected chi connectivity index (χ3v) is 11.8. The number of hydrogen-bond acceptors (Lipinski definition) is 2. The van der Waals surface area contributed by atoms with Crippen molar-refractivity contribution in [3.63, 3.8) is 0 Å². The second-order valence-corrected chi connectivity index (χ2v) is 14.5. The smallest absolute Gasteiger partial charge is 0.162 e. The maximum atomic E-state index is 5.62. The van der Waals surface area contributed by atoms with E-state index >= 15 is 0 Å². The van der Waals surface area contributed by atoms with E-state index < -0.39 is 0 Å². The lowest BCUT2D eigenvalue weighted by Crippen LogP contribution is -2.03. The van der Waals surface area contributed by atoms with Gasteiger partial charge in [0, 0.05) is 48.7 Å². The van der Waals surface area contributed by atoms with Crippen LogP contribution in [0.2, 0.25) is 0 Å². The molecule has 0 aliphatic rings. The van der Waals surface area contributed by atoms with E-state index in [0.717, 1.165) is 27.8 Å². The van der Waals surface area contributed by atoms with Gasteiger partial charge in [-0.3, -0.25) is 4.57 Å². The van der Waals surface area contributed by atoms with Gasteiger partial charge in [-0.05, 0) is 63.3 Å². The average molecular weight is 685 g/mol. The van der Waals surface area contributed by atoms with Gasteiger partial charge in [-0.2, -0.15) is 0 Å². The summed E-state index contributed by atoms with van der Waals surface area (Å²) in [7, 11) is 0. The Hall–Kier alpha value is -7.30. The molecule has 4 aromatic heterocycles. The molecule has 0 saturated heterocycles. The fourth-order valence-corrected chi connectivity index (χ4v) is 9.48. The zero-order valence-corrected chi connectivity index (χ0v) is 29.0. The number of hydrogen-bond donors (Lipinski definition) is 0. The topological polar surface area (TPSA) is 35.1 Å². The highest BCUT2D eigenvalue weighted by Gasteiger charge is 2.26. The lowest BCUT2D eigenvalue weighted by Gasteiger charge is -2.14. The predicted octanol–water partition coefficient (Wildman–Crippen LogP) is 13.0. The molecule has 0 aliphatic heterocycles. The van der Waals surface area contributed by atoms with Crippen LogP contribution in [0.3, 0.4) is 0 Å². The van der Waals surface area contributed by atoms with Gasteiger partial charge in [-0.25, -0.2) is 9.97 Å². The Bertz CT molecular complexity index is 3740. The minimum atomic E-state index is 0.709. The van der Waals surface area contributed by atoms with Crippen molar-refractivity contribution >= 4 is 103 Å². The SMILES string of the molecule is c1ccc2c(c1)ccc1ccc(-c3nc(-n4c5c6ccccc6ccc5c5cc6c7ccccc7n7c8ccccc8c(c54)c67)c4ccccc4n3)cc12. The van der Waals surface area contributed by atoms with Crippen molar-refractivity contribution in [2.45, 2.75) is 0 Å². The molecule has 13 aromatic rings. The molecule has 0 bridgehead atoms. The molecule has 4 nitrogen and oxygen atoms in total. The highest BCUT2D eigenvalue weighted by molar-refractivity contribution is 6.35. The summed E-state index contributed by atoms with van der Waals surface area (Å²) in [6, 6.07) is 61.6. The highest BCUT2D eigenvalue weighted by Crippen LogP contribution is 2.48. The summed E-state index contributed by atoms with van der Waals surface area (Å²) in [6.45, 7) is 0. The fourth-order valence-electron chi connectivity index (χ4n) is 9.48. The van der Waals surface area contributed by atoms with Crippen molar-refractivity contribution in [1.29, 1.82) is 0 Å². The molecule has 0 radical (unpaired) electrons. The molecule has 4 heteroatoms. The first-order valence-corrected chi connectivity index (χ1v) is 18.5. The average Bonchev–Trinajstić information content (AvgIpc) is 3.88. The molecule has 0 spiro atoms. The van der Waals surface area contributed by atoms with Gasteiger partial charge in [0.15, 0.2) is 5.82 Å². The molecule has 13 rings (SSSR count). The van der Waals surface area contributed by atoms with Crippen molar-refractivity contribution in [3.8, 4) is 17.2 Å². The van der Waals surface area contributed by atoms with E-state index in [2.05, 4.69) is 179 Å². The van der Waals surface area contributed by atoms with Gasteiger partial charge < -0.3 is 4.40 Å². The van der Waals surface area contributed by atoms with E-state index in [4.69, 9.17) is 9.97 Å². The van der Waals surface area contributed by atoms with Crippen molar-refractivity contribution in [2.24, 2.45) is 0 Å². The van der Waals surface area contributed by atoms with Crippen LogP contribution in [0.5, 0.6) is 0 Å². The summed E-state index contributed by atoms with van der Waals surface area (Å²) in [4.78, 5) is 10.9. The maximum absolute atomic E-state index is 5.62. The van der Waals surface area contributed by atoms with Crippen LogP contribution in [-0.4, -0.2) is 18.9 Å². The van der Waals surface area contributed by atoms with E-state index in [0.29, 0.717) is 5.82 Å². The van der Waals surface area contributed by atoms with Crippen LogP contribution in [-0.2, 0) is 0 Å². The summed E-state index contributed by atoms with van der Waals surface area (Å²) in [5, 5.41) is 15.7. The van der Waals surface area contributed by atoms with Crippen molar-refractivity contribution in [3.05, 3.63) is 170 Å². The van der Waals surface area contributed by atoms with E-state index in [1.165, 1.54) is 86.7 Å². The number of fused-ring (bicyclic) bond motifs is 16. The fraction of sp³-hybridized carbons (Fsp3) is 0. The molecule has 9 aromatic carbocycles. The Morgan fingerprint density at radius 3 is 1.78 bits per heavy atom. The molecule has 0 aliphatic carbocycles. The molecule has 0 saturated carbocycles. The maximum Gasteiger partial charge on any atom is 0.162 e.